The van der Waals surface area contributed by atoms with Gasteiger partial charge in [0.25, 0.3) is 0 Å². The van der Waals surface area contributed by atoms with Crippen LogP contribution in [0.4, 0.5) is 18.9 Å². The van der Waals surface area contributed by atoms with Gasteiger partial charge in [0.05, 0.1) is 6.26 Å². The molecular weight excluding hydrogens is 349 g/mol. The van der Waals surface area contributed by atoms with E-state index in [2.05, 4.69) is 10.1 Å². The predicted octanol–water partition coefficient (Wildman–Crippen LogP) is 2.20. The summed E-state index contributed by atoms with van der Waals surface area (Å²) < 4.78 is 64.1. The van der Waals surface area contributed by atoms with Crippen LogP contribution in [0.25, 0.3) is 0 Å². The number of hydrogen-bond donors (Lipinski definition) is 1. The molecule has 1 aromatic rings. The second kappa shape index (κ2) is 6.98. The van der Waals surface area contributed by atoms with Crippen molar-refractivity contribution < 1.29 is 31.1 Å². The van der Waals surface area contributed by atoms with Gasteiger partial charge in [-0.05, 0) is 37.1 Å². The molecular formula is C14H17F3N2O4S. The highest BCUT2D eigenvalue weighted by molar-refractivity contribution is 7.88. The number of nitrogens with one attached hydrogen (secondary N) is 1. The lowest BCUT2D eigenvalue weighted by Crippen LogP contribution is -2.40. The molecule has 1 N–H and O–H groups in total. The summed E-state index contributed by atoms with van der Waals surface area (Å²) in [5.74, 6) is -0.997. The minimum Gasteiger partial charge on any atom is -0.406 e. The van der Waals surface area contributed by atoms with Crippen molar-refractivity contribution in [1.29, 1.82) is 0 Å². The van der Waals surface area contributed by atoms with Crippen molar-refractivity contribution in [2.24, 2.45) is 5.92 Å². The van der Waals surface area contributed by atoms with Gasteiger partial charge < -0.3 is 10.1 Å². The van der Waals surface area contributed by atoms with Gasteiger partial charge in [0.2, 0.25) is 15.9 Å². The average Bonchev–Trinajstić information content (AvgIpc) is 2.47. The van der Waals surface area contributed by atoms with Crippen molar-refractivity contribution in [3.8, 4) is 5.75 Å². The molecule has 1 aliphatic rings. The molecule has 134 valence electrons. The van der Waals surface area contributed by atoms with Crippen molar-refractivity contribution >= 4 is 21.6 Å². The first-order valence-corrected chi connectivity index (χ1v) is 9.01. The third-order valence-corrected chi connectivity index (χ3v) is 4.95. The number of alkyl halides is 3. The van der Waals surface area contributed by atoms with Gasteiger partial charge in [-0.25, -0.2) is 12.7 Å². The fraction of sp³-hybridized carbons (Fsp3) is 0.500. The summed E-state index contributed by atoms with van der Waals surface area (Å²) in [6, 6.07) is 4.83. The van der Waals surface area contributed by atoms with Crippen LogP contribution in [0.2, 0.25) is 0 Å². The van der Waals surface area contributed by atoms with E-state index >= 15 is 0 Å². The molecule has 0 spiro atoms. The number of hydrogen-bond acceptors (Lipinski definition) is 4. The lowest BCUT2D eigenvalue weighted by atomic mass is 9.97. The quantitative estimate of drug-likeness (QED) is 0.886. The molecule has 10 heteroatoms. The summed E-state index contributed by atoms with van der Waals surface area (Å²) in [6.07, 6.45) is -2.85. The standard InChI is InChI=1S/C14H17F3N2O4S/c1-24(21,22)19-8-6-10(7-9-19)13(20)18-11-2-4-12(5-3-11)23-14(15,16)17/h2-5,10H,6-9H2,1H3,(H,18,20). The molecule has 1 aliphatic heterocycles. The molecule has 0 saturated carbocycles. The van der Waals surface area contributed by atoms with Crippen LogP contribution in [0.1, 0.15) is 12.8 Å². The Morgan fingerprint density at radius 3 is 2.21 bits per heavy atom. The Morgan fingerprint density at radius 2 is 1.75 bits per heavy atom. The van der Waals surface area contributed by atoms with Gasteiger partial charge in [-0.3, -0.25) is 4.79 Å². The number of sulfonamides is 1. The molecule has 1 aromatic carbocycles. The lowest BCUT2D eigenvalue weighted by molar-refractivity contribution is -0.274. The molecule has 0 radical (unpaired) electrons. The van der Waals surface area contributed by atoms with E-state index in [1.807, 2.05) is 0 Å². The highest BCUT2D eigenvalue weighted by atomic mass is 32.2. The number of amides is 1. The van der Waals surface area contributed by atoms with Crippen LogP contribution in [0.15, 0.2) is 24.3 Å². The molecule has 1 amide bonds. The zero-order valence-electron chi connectivity index (χ0n) is 12.8. The Balaban J connectivity index is 1.89. The molecule has 2 rings (SSSR count). The van der Waals surface area contributed by atoms with E-state index in [1.54, 1.807) is 0 Å². The zero-order valence-corrected chi connectivity index (χ0v) is 13.7. The maximum atomic E-state index is 12.1. The first-order valence-electron chi connectivity index (χ1n) is 7.16. The highest BCUT2D eigenvalue weighted by Crippen LogP contribution is 2.25. The topological polar surface area (TPSA) is 75.7 Å². The number of halogens is 3. The summed E-state index contributed by atoms with van der Waals surface area (Å²) in [7, 11) is -3.26. The van der Waals surface area contributed by atoms with E-state index in [9.17, 15) is 26.4 Å². The number of nitrogens with zero attached hydrogens (tertiary/aromatic N) is 1. The molecule has 0 aromatic heterocycles. The highest BCUT2D eigenvalue weighted by Gasteiger charge is 2.31. The van der Waals surface area contributed by atoms with Gasteiger partial charge in [0.15, 0.2) is 0 Å². The number of carbonyl (C=O) groups is 1. The first-order chi connectivity index (χ1) is 11.0. The molecule has 0 aliphatic carbocycles. The maximum Gasteiger partial charge on any atom is 0.573 e. The fourth-order valence-electron chi connectivity index (χ4n) is 2.43. The van der Waals surface area contributed by atoms with Gasteiger partial charge in [-0.15, -0.1) is 13.2 Å². The lowest BCUT2D eigenvalue weighted by Gasteiger charge is -2.29. The van der Waals surface area contributed by atoms with Gasteiger partial charge in [-0.1, -0.05) is 0 Å². The smallest absolute Gasteiger partial charge is 0.406 e. The number of rotatable bonds is 4. The van der Waals surface area contributed by atoms with Crippen LogP contribution in [-0.4, -0.2) is 44.3 Å². The Morgan fingerprint density at radius 1 is 1.21 bits per heavy atom. The molecule has 6 nitrogen and oxygen atoms in total. The third-order valence-electron chi connectivity index (χ3n) is 3.65. The molecule has 1 heterocycles. The molecule has 1 saturated heterocycles. The van der Waals surface area contributed by atoms with Crippen LogP contribution in [0.5, 0.6) is 5.75 Å². The normalized spacial score (nSPS) is 17.5. The van der Waals surface area contributed by atoms with E-state index in [0.717, 1.165) is 18.4 Å². The van der Waals surface area contributed by atoms with Crippen LogP contribution in [0, 0.1) is 5.92 Å². The monoisotopic (exact) mass is 366 g/mol. The SMILES string of the molecule is CS(=O)(=O)N1CCC(C(=O)Nc2ccc(OC(F)(F)F)cc2)CC1. The minimum atomic E-state index is -4.77. The van der Waals surface area contributed by atoms with E-state index in [4.69, 9.17) is 0 Å². The maximum absolute atomic E-state index is 12.1. The third kappa shape index (κ3) is 5.38. The van der Waals surface area contributed by atoms with E-state index < -0.39 is 16.4 Å². The molecule has 1 fully saturated rings. The fourth-order valence-corrected chi connectivity index (χ4v) is 3.31. The summed E-state index contributed by atoms with van der Waals surface area (Å²) in [5.41, 5.74) is 0.347. The van der Waals surface area contributed by atoms with Gasteiger partial charge in [-0.2, -0.15) is 0 Å². The van der Waals surface area contributed by atoms with Crippen LogP contribution in [0.3, 0.4) is 0 Å². The summed E-state index contributed by atoms with van der Waals surface area (Å²) >= 11 is 0. The van der Waals surface area contributed by atoms with E-state index in [-0.39, 0.29) is 30.7 Å². The first kappa shape index (κ1) is 18.5. The Hall–Kier alpha value is -1.81. The Kier molecular flexibility index (Phi) is 5.38. The van der Waals surface area contributed by atoms with E-state index in [0.29, 0.717) is 18.5 Å². The van der Waals surface area contributed by atoms with E-state index in [1.165, 1.54) is 16.4 Å². The Labute approximate surface area is 137 Å². The predicted molar refractivity (Wildman–Crippen MR) is 80.9 cm³/mol. The van der Waals surface area contributed by atoms with Crippen molar-refractivity contribution in [3.63, 3.8) is 0 Å². The van der Waals surface area contributed by atoms with Crippen molar-refractivity contribution in [1.82, 2.24) is 4.31 Å². The Bertz CT molecular complexity index is 681. The molecule has 0 unspecified atom stereocenters. The number of anilines is 1. The van der Waals surface area contributed by atoms with Gasteiger partial charge >= 0.3 is 6.36 Å². The molecule has 0 bridgehead atoms. The van der Waals surface area contributed by atoms with Crippen molar-refractivity contribution in [3.05, 3.63) is 24.3 Å². The average molecular weight is 366 g/mol. The number of ether oxygens (including phenoxy) is 1. The second-order valence-electron chi connectivity index (χ2n) is 5.50. The van der Waals surface area contributed by atoms with Gasteiger partial charge in [0, 0.05) is 24.7 Å². The number of piperidine rings is 1. The van der Waals surface area contributed by atoms with Crippen molar-refractivity contribution in [2.45, 2.75) is 19.2 Å². The molecule has 0 atom stereocenters. The van der Waals surface area contributed by atoms with Crippen LogP contribution >= 0.6 is 0 Å². The number of carbonyl (C=O) groups excluding carboxylic acids is 1. The largest absolute Gasteiger partial charge is 0.573 e. The minimum absolute atomic E-state index is 0.273. The van der Waals surface area contributed by atoms with Crippen LogP contribution < -0.4 is 10.1 Å². The van der Waals surface area contributed by atoms with Crippen LogP contribution in [-0.2, 0) is 14.8 Å². The van der Waals surface area contributed by atoms with Gasteiger partial charge in [0.1, 0.15) is 5.75 Å². The summed E-state index contributed by atoms with van der Waals surface area (Å²) in [6.45, 7) is 0.546. The summed E-state index contributed by atoms with van der Waals surface area (Å²) in [5, 5.41) is 2.61. The summed E-state index contributed by atoms with van der Waals surface area (Å²) in [4.78, 5) is 12.1. The van der Waals surface area contributed by atoms with Crippen molar-refractivity contribution in [2.75, 3.05) is 24.7 Å². The zero-order chi connectivity index (χ0) is 18.0. The number of benzene rings is 1. The second-order valence-corrected chi connectivity index (χ2v) is 7.48. The molecule has 24 heavy (non-hydrogen) atoms.